The second-order valence-corrected chi connectivity index (χ2v) is 8.65. The minimum atomic E-state index is 0.165. The van der Waals surface area contributed by atoms with Gasteiger partial charge in [0.1, 0.15) is 0 Å². The number of unbranched alkanes of at least 4 members (excludes halogenated alkanes) is 16. The number of hydrogen-bond donors (Lipinski definition) is 2. The van der Waals surface area contributed by atoms with Crippen molar-refractivity contribution in [1.82, 2.24) is 5.32 Å². The summed E-state index contributed by atoms with van der Waals surface area (Å²) in [5.41, 5.74) is 5.41. The first-order chi connectivity index (χ1) is 15.3. The molecule has 178 valence electrons. The smallest absolute Gasteiger partial charge is 0.219 e. The van der Waals surface area contributed by atoms with Crippen molar-refractivity contribution in [1.29, 1.82) is 0 Å². The van der Waals surface area contributed by atoms with Gasteiger partial charge in [0, 0.05) is 25.8 Å². The van der Waals surface area contributed by atoms with E-state index in [1.54, 1.807) is 0 Å². The molecule has 0 aromatic rings. The number of carbonyl (C=O) groups is 1. The standard InChI is InChI=1S/C28H50N2O/c1-2-3-4-5-6-7-8-9-10-11-12-13-14-15-16-17-18-19-20-21-22-23-25-28(31)30-27-24-26-29/h2-12,17-27,29H2,1H3,(H,30,31). The molecule has 0 bridgehead atoms. The lowest BCUT2D eigenvalue weighted by atomic mass is 10.1. The van der Waals surface area contributed by atoms with Crippen molar-refractivity contribution >= 4 is 5.91 Å². The summed E-state index contributed by atoms with van der Waals surface area (Å²) in [6.07, 6.45) is 24.1. The van der Waals surface area contributed by atoms with Gasteiger partial charge in [0.15, 0.2) is 0 Å². The van der Waals surface area contributed by atoms with E-state index >= 15 is 0 Å². The van der Waals surface area contributed by atoms with Crippen LogP contribution >= 0.6 is 0 Å². The molecule has 0 radical (unpaired) electrons. The molecule has 3 heteroatoms. The van der Waals surface area contributed by atoms with Crippen molar-refractivity contribution < 1.29 is 4.79 Å². The first kappa shape index (κ1) is 29.5. The molecule has 0 aromatic carbocycles. The van der Waals surface area contributed by atoms with Crippen LogP contribution in [0.25, 0.3) is 0 Å². The lowest BCUT2D eigenvalue weighted by Gasteiger charge is -2.04. The van der Waals surface area contributed by atoms with Crippen molar-refractivity contribution in [3.8, 4) is 23.7 Å². The molecule has 0 saturated heterocycles. The van der Waals surface area contributed by atoms with Gasteiger partial charge in [-0.25, -0.2) is 0 Å². The van der Waals surface area contributed by atoms with E-state index < -0.39 is 0 Å². The molecule has 0 heterocycles. The van der Waals surface area contributed by atoms with Gasteiger partial charge in [-0.05, 0) is 44.1 Å². The maximum absolute atomic E-state index is 11.5. The summed E-state index contributed by atoms with van der Waals surface area (Å²) < 4.78 is 0. The molecule has 0 aliphatic heterocycles. The average molecular weight is 431 g/mol. The fraction of sp³-hybridized carbons (Fsp3) is 0.821. The lowest BCUT2D eigenvalue weighted by Crippen LogP contribution is -2.25. The van der Waals surface area contributed by atoms with Gasteiger partial charge in [0.2, 0.25) is 5.91 Å². The van der Waals surface area contributed by atoms with E-state index in [0.717, 1.165) is 38.5 Å². The number of nitrogens with one attached hydrogen (secondary N) is 1. The Hall–Kier alpha value is -1.45. The summed E-state index contributed by atoms with van der Waals surface area (Å²) in [5.74, 6) is 12.6. The lowest BCUT2D eigenvalue weighted by molar-refractivity contribution is -0.121. The van der Waals surface area contributed by atoms with Crippen LogP contribution < -0.4 is 11.1 Å². The second-order valence-electron chi connectivity index (χ2n) is 8.65. The Morgan fingerprint density at radius 1 is 0.645 bits per heavy atom. The number of nitrogens with two attached hydrogens (primary N) is 1. The highest BCUT2D eigenvalue weighted by Gasteiger charge is 1.99. The van der Waals surface area contributed by atoms with Gasteiger partial charge >= 0.3 is 0 Å². The van der Waals surface area contributed by atoms with Crippen LogP contribution in [0, 0.1) is 23.7 Å². The second kappa shape index (κ2) is 26.6. The van der Waals surface area contributed by atoms with Crippen LogP contribution in [0.4, 0.5) is 0 Å². The molecule has 0 aliphatic rings. The molecule has 3 N–H and O–H groups in total. The fourth-order valence-electron chi connectivity index (χ4n) is 3.54. The van der Waals surface area contributed by atoms with E-state index in [4.69, 9.17) is 5.73 Å². The summed E-state index contributed by atoms with van der Waals surface area (Å²) in [6, 6.07) is 0. The molecule has 1 amide bonds. The van der Waals surface area contributed by atoms with E-state index in [1.807, 2.05) is 0 Å². The summed E-state index contributed by atoms with van der Waals surface area (Å²) in [5, 5.41) is 2.90. The Kier molecular flexibility index (Phi) is 25.3. The van der Waals surface area contributed by atoms with Crippen LogP contribution in [0.3, 0.4) is 0 Å². The van der Waals surface area contributed by atoms with Crippen molar-refractivity contribution in [2.45, 2.75) is 135 Å². The zero-order valence-corrected chi connectivity index (χ0v) is 20.5. The molecule has 0 aliphatic carbocycles. The largest absolute Gasteiger partial charge is 0.356 e. The van der Waals surface area contributed by atoms with E-state index in [0.29, 0.717) is 19.5 Å². The van der Waals surface area contributed by atoms with Crippen molar-refractivity contribution in [3.63, 3.8) is 0 Å². The molecule has 3 nitrogen and oxygen atoms in total. The third-order valence-electron chi connectivity index (χ3n) is 5.55. The molecule has 0 rings (SSSR count). The van der Waals surface area contributed by atoms with Gasteiger partial charge in [0.05, 0.1) is 0 Å². The van der Waals surface area contributed by atoms with E-state index in [1.165, 1.54) is 83.5 Å². The third-order valence-corrected chi connectivity index (χ3v) is 5.55. The minimum absolute atomic E-state index is 0.165. The molecule has 0 unspecified atom stereocenters. The Morgan fingerprint density at radius 3 is 1.58 bits per heavy atom. The van der Waals surface area contributed by atoms with Gasteiger partial charge in [-0.3, -0.25) is 4.79 Å². The third kappa shape index (κ3) is 26.5. The highest BCUT2D eigenvalue weighted by Crippen LogP contribution is 2.11. The van der Waals surface area contributed by atoms with E-state index in [2.05, 4.69) is 35.9 Å². The molecular formula is C28H50N2O. The average Bonchev–Trinajstić information content (AvgIpc) is 2.77. The monoisotopic (exact) mass is 430 g/mol. The van der Waals surface area contributed by atoms with Gasteiger partial charge in [0.25, 0.3) is 0 Å². The number of carbonyl (C=O) groups excluding carboxylic acids is 1. The summed E-state index contributed by atoms with van der Waals surface area (Å²) in [4.78, 5) is 11.5. The highest BCUT2D eigenvalue weighted by atomic mass is 16.1. The number of rotatable bonds is 21. The van der Waals surface area contributed by atoms with Gasteiger partial charge < -0.3 is 11.1 Å². The van der Waals surface area contributed by atoms with Gasteiger partial charge in [-0.2, -0.15) is 0 Å². The Bertz CT molecular complexity index is 507. The van der Waals surface area contributed by atoms with Crippen LogP contribution in [0.1, 0.15) is 135 Å². The number of amides is 1. The molecule has 0 spiro atoms. The summed E-state index contributed by atoms with van der Waals surface area (Å²) >= 11 is 0. The minimum Gasteiger partial charge on any atom is -0.356 e. The fourth-order valence-corrected chi connectivity index (χ4v) is 3.54. The summed E-state index contributed by atoms with van der Waals surface area (Å²) in [6.45, 7) is 3.62. The Balaban J connectivity index is 3.29. The predicted molar refractivity (Wildman–Crippen MR) is 136 cm³/mol. The topological polar surface area (TPSA) is 55.1 Å². The van der Waals surface area contributed by atoms with E-state index in [9.17, 15) is 4.79 Å². The normalized spacial score (nSPS) is 10.1. The maximum Gasteiger partial charge on any atom is 0.219 e. The molecule has 0 aromatic heterocycles. The first-order valence-electron chi connectivity index (χ1n) is 13.2. The van der Waals surface area contributed by atoms with Crippen LogP contribution in [0.15, 0.2) is 0 Å². The first-order valence-corrected chi connectivity index (χ1v) is 13.2. The van der Waals surface area contributed by atoms with Crippen LogP contribution in [-0.4, -0.2) is 19.0 Å². The van der Waals surface area contributed by atoms with Crippen LogP contribution in [0.2, 0.25) is 0 Å². The zero-order valence-electron chi connectivity index (χ0n) is 20.5. The highest BCUT2D eigenvalue weighted by molar-refractivity contribution is 5.75. The molecule has 0 fully saturated rings. The molecule has 31 heavy (non-hydrogen) atoms. The van der Waals surface area contributed by atoms with Crippen LogP contribution in [0.5, 0.6) is 0 Å². The Labute approximate surface area is 194 Å². The number of hydrogen-bond acceptors (Lipinski definition) is 2. The molecular weight excluding hydrogens is 380 g/mol. The SMILES string of the molecule is CCCCCCCCCCCCC#CC#CCCCCCCCCC(=O)NCCCN. The van der Waals surface area contributed by atoms with Gasteiger partial charge in [-0.15, -0.1) is 0 Å². The maximum atomic E-state index is 11.5. The van der Waals surface area contributed by atoms with Crippen molar-refractivity contribution in [2.24, 2.45) is 5.73 Å². The molecule has 0 saturated carbocycles. The van der Waals surface area contributed by atoms with Crippen molar-refractivity contribution in [3.05, 3.63) is 0 Å². The van der Waals surface area contributed by atoms with Crippen molar-refractivity contribution in [2.75, 3.05) is 13.1 Å². The predicted octanol–water partition coefficient (Wildman–Crippen LogP) is 6.89. The zero-order chi connectivity index (χ0) is 22.7. The summed E-state index contributed by atoms with van der Waals surface area (Å²) in [7, 11) is 0. The van der Waals surface area contributed by atoms with Crippen LogP contribution in [-0.2, 0) is 4.79 Å². The van der Waals surface area contributed by atoms with Gasteiger partial charge in [-0.1, -0.05) is 102 Å². The van der Waals surface area contributed by atoms with E-state index in [-0.39, 0.29) is 5.91 Å². The Morgan fingerprint density at radius 2 is 1.10 bits per heavy atom. The quantitative estimate of drug-likeness (QED) is 0.154. The molecule has 0 atom stereocenters.